The van der Waals surface area contributed by atoms with E-state index < -0.39 is 11.9 Å². The molecule has 0 saturated heterocycles. The molecule has 0 saturated carbocycles. The molecule has 4 rings (SSSR count). The van der Waals surface area contributed by atoms with Crippen molar-refractivity contribution >= 4 is 62.7 Å². The summed E-state index contributed by atoms with van der Waals surface area (Å²) in [5.41, 5.74) is 3.00. The van der Waals surface area contributed by atoms with Crippen LogP contribution in [0.2, 0.25) is 10.0 Å². The van der Waals surface area contributed by atoms with E-state index in [1.807, 2.05) is 24.3 Å². The highest BCUT2D eigenvalue weighted by Crippen LogP contribution is 2.35. The normalized spacial score (nSPS) is 11.0. The van der Waals surface area contributed by atoms with Crippen LogP contribution in [0, 0.1) is 0 Å². The fraction of sp³-hybridized carbons (Fsp3) is 0.0417. The van der Waals surface area contributed by atoms with E-state index in [1.165, 1.54) is 17.6 Å². The molecule has 0 radical (unpaired) electrons. The van der Waals surface area contributed by atoms with Crippen LogP contribution in [0.5, 0.6) is 11.5 Å². The van der Waals surface area contributed by atoms with Crippen LogP contribution in [0.1, 0.15) is 15.2 Å². The van der Waals surface area contributed by atoms with E-state index in [2.05, 4.69) is 10.5 Å². The molecular formula is C24H16Cl2N2O4S. The third-order valence-electron chi connectivity index (χ3n) is 4.36. The summed E-state index contributed by atoms with van der Waals surface area (Å²) in [6.07, 6.45) is 1.43. The summed E-state index contributed by atoms with van der Waals surface area (Å²) in [5, 5.41) is 5.61. The highest BCUT2D eigenvalue weighted by atomic mass is 35.5. The molecule has 1 aromatic heterocycles. The average molecular weight is 499 g/mol. The van der Waals surface area contributed by atoms with Gasteiger partial charge in [0.2, 0.25) is 0 Å². The summed E-state index contributed by atoms with van der Waals surface area (Å²) in [4.78, 5) is 24.9. The number of halogens is 2. The molecule has 0 atom stereocenters. The van der Waals surface area contributed by atoms with Gasteiger partial charge in [-0.2, -0.15) is 5.10 Å². The highest BCUT2D eigenvalue weighted by molar-refractivity contribution is 7.21. The zero-order chi connectivity index (χ0) is 23.2. The van der Waals surface area contributed by atoms with Crippen molar-refractivity contribution in [3.8, 4) is 11.5 Å². The molecule has 1 amide bonds. The van der Waals surface area contributed by atoms with Gasteiger partial charge >= 0.3 is 5.97 Å². The summed E-state index contributed by atoms with van der Waals surface area (Å²) in [5.74, 6) is -0.169. The van der Waals surface area contributed by atoms with Gasteiger partial charge < -0.3 is 9.47 Å². The lowest BCUT2D eigenvalue weighted by molar-refractivity contribution is -0.123. The maximum atomic E-state index is 12.6. The standard InChI is InChI=1S/C24H16Cl2N2O4S/c25-16-6-4-7-17(12-16)31-14-21(29)28-27-13-15-5-3-8-18(11-15)32-24(30)23-22(26)19-9-1-2-10-20(19)33-23/h1-13H,14H2,(H,28,29)/b27-13+. The van der Waals surface area contributed by atoms with E-state index in [-0.39, 0.29) is 6.61 Å². The first-order valence-electron chi connectivity index (χ1n) is 9.69. The Hall–Kier alpha value is -3.39. The minimum atomic E-state index is -0.540. The second kappa shape index (κ2) is 10.5. The van der Waals surface area contributed by atoms with Crippen LogP contribution in [0.3, 0.4) is 0 Å². The topological polar surface area (TPSA) is 77.0 Å². The van der Waals surface area contributed by atoms with Crippen molar-refractivity contribution in [3.05, 3.63) is 93.3 Å². The fourth-order valence-corrected chi connectivity index (χ4v) is 4.44. The molecule has 0 bridgehead atoms. The molecule has 4 aromatic rings. The SMILES string of the molecule is O=C(COc1cccc(Cl)c1)N/N=C/c1cccc(OC(=O)c2sc3ccccc3c2Cl)c1. The van der Waals surface area contributed by atoms with Gasteiger partial charge in [-0.05, 0) is 42.0 Å². The Balaban J connectivity index is 1.34. The van der Waals surface area contributed by atoms with Gasteiger partial charge in [0.1, 0.15) is 16.4 Å². The number of ether oxygens (including phenoxy) is 2. The summed E-state index contributed by atoms with van der Waals surface area (Å²) >= 11 is 13.5. The molecule has 0 fully saturated rings. The molecule has 0 unspecified atom stereocenters. The van der Waals surface area contributed by atoms with Crippen molar-refractivity contribution in [1.82, 2.24) is 5.43 Å². The number of hydrogen-bond donors (Lipinski definition) is 1. The molecular weight excluding hydrogens is 483 g/mol. The molecule has 1 N–H and O–H groups in total. The van der Waals surface area contributed by atoms with Crippen molar-refractivity contribution in [2.24, 2.45) is 5.10 Å². The Morgan fingerprint density at radius 3 is 2.58 bits per heavy atom. The number of benzene rings is 3. The van der Waals surface area contributed by atoms with E-state index in [9.17, 15) is 9.59 Å². The first kappa shape index (κ1) is 22.8. The van der Waals surface area contributed by atoms with Crippen LogP contribution in [0.15, 0.2) is 77.9 Å². The predicted octanol–water partition coefficient (Wildman–Crippen LogP) is 5.96. The van der Waals surface area contributed by atoms with Crippen molar-refractivity contribution in [2.75, 3.05) is 6.61 Å². The third-order valence-corrected chi connectivity index (χ3v) is 6.25. The van der Waals surface area contributed by atoms with Crippen LogP contribution < -0.4 is 14.9 Å². The minimum absolute atomic E-state index is 0.217. The van der Waals surface area contributed by atoms with Gasteiger partial charge in [-0.1, -0.05) is 59.6 Å². The number of rotatable bonds is 7. The maximum absolute atomic E-state index is 12.6. The number of esters is 1. The molecule has 3 aromatic carbocycles. The van der Waals surface area contributed by atoms with Gasteiger partial charge in [0.25, 0.3) is 5.91 Å². The van der Waals surface area contributed by atoms with Crippen LogP contribution in [-0.2, 0) is 4.79 Å². The Kier molecular flexibility index (Phi) is 7.24. The fourth-order valence-electron chi connectivity index (χ4n) is 2.87. The second-order valence-corrected chi connectivity index (χ2v) is 8.61. The molecule has 166 valence electrons. The van der Waals surface area contributed by atoms with Crippen molar-refractivity contribution in [2.45, 2.75) is 0 Å². The van der Waals surface area contributed by atoms with Crippen molar-refractivity contribution in [3.63, 3.8) is 0 Å². The van der Waals surface area contributed by atoms with Gasteiger partial charge in [-0.3, -0.25) is 4.79 Å². The number of nitrogens with one attached hydrogen (secondary N) is 1. The smallest absolute Gasteiger partial charge is 0.355 e. The Morgan fingerprint density at radius 1 is 0.970 bits per heavy atom. The molecule has 0 aliphatic carbocycles. The Morgan fingerprint density at radius 2 is 1.76 bits per heavy atom. The highest BCUT2D eigenvalue weighted by Gasteiger charge is 2.19. The maximum Gasteiger partial charge on any atom is 0.355 e. The number of carbonyl (C=O) groups is 2. The van der Waals surface area contributed by atoms with Crippen LogP contribution >= 0.6 is 34.5 Å². The van der Waals surface area contributed by atoms with E-state index >= 15 is 0 Å². The molecule has 0 aliphatic rings. The van der Waals surface area contributed by atoms with Crippen LogP contribution in [0.25, 0.3) is 10.1 Å². The third kappa shape index (κ3) is 5.90. The monoisotopic (exact) mass is 498 g/mol. The Labute approximate surface area is 203 Å². The predicted molar refractivity (Wildman–Crippen MR) is 131 cm³/mol. The molecule has 1 heterocycles. The van der Waals surface area contributed by atoms with Gasteiger partial charge in [0.05, 0.1) is 11.2 Å². The number of hydrogen-bond acceptors (Lipinski definition) is 6. The molecule has 33 heavy (non-hydrogen) atoms. The first-order valence-corrected chi connectivity index (χ1v) is 11.3. The van der Waals surface area contributed by atoms with Gasteiger partial charge in [-0.15, -0.1) is 11.3 Å². The second-order valence-electron chi connectivity index (χ2n) is 6.74. The lowest BCUT2D eigenvalue weighted by atomic mass is 10.2. The molecule has 9 heteroatoms. The molecule has 0 spiro atoms. The number of hydrazone groups is 1. The van der Waals surface area contributed by atoms with Crippen LogP contribution in [0.4, 0.5) is 0 Å². The zero-order valence-electron chi connectivity index (χ0n) is 17.0. The van der Waals surface area contributed by atoms with E-state index in [0.717, 1.165) is 10.1 Å². The summed E-state index contributed by atoms with van der Waals surface area (Å²) in [6, 6.07) is 21.0. The lowest BCUT2D eigenvalue weighted by Crippen LogP contribution is -2.24. The Bertz CT molecular complexity index is 1350. The van der Waals surface area contributed by atoms with E-state index in [4.69, 9.17) is 32.7 Å². The molecule has 0 aliphatic heterocycles. The van der Waals surface area contributed by atoms with Gasteiger partial charge in [0.15, 0.2) is 6.61 Å². The first-order chi connectivity index (χ1) is 16.0. The number of nitrogens with zero attached hydrogens (tertiary/aromatic N) is 1. The summed E-state index contributed by atoms with van der Waals surface area (Å²) in [7, 11) is 0. The van der Waals surface area contributed by atoms with Crippen molar-refractivity contribution in [1.29, 1.82) is 0 Å². The van der Waals surface area contributed by atoms with E-state index in [1.54, 1.807) is 48.5 Å². The summed E-state index contributed by atoms with van der Waals surface area (Å²) in [6.45, 7) is -0.217. The minimum Gasteiger partial charge on any atom is -0.484 e. The number of thiophene rings is 1. The number of amides is 1. The summed E-state index contributed by atoms with van der Waals surface area (Å²) < 4.78 is 11.7. The average Bonchev–Trinajstić information content (AvgIpc) is 3.15. The van der Waals surface area contributed by atoms with E-state index in [0.29, 0.717) is 32.0 Å². The largest absolute Gasteiger partial charge is 0.484 e. The van der Waals surface area contributed by atoms with Gasteiger partial charge in [-0.25, -0.2) is 10.2 Å². The van der Waals surface area contributed by atoms with Crippen molar-refractivity contribution < 1.29 is 19.1 Å². The molecule has 6 nitrogen and oxygen atoms in total. The quantitative estimate of drug-likeness (QED) is 0.147. The van der Waals surface area contributed by atoms with Gasteiger partial charge in [0, 0.05) is 15.1 Å². The number of fused-ring (bicyclic) bond motifs is 1. The zero-order valence-corrected chi connectivity index (χ0v) is 19.3. The van der Waals surface area contributed by atoms with Crippen LogP contribution in [-0.4, -0.2) is 24.7 Å². The lowest BCUT2D eigenvalue weighted by Gasteiger charge is -2.05. The number of carbonyl (C=O) groups excluding carboxylic acids is 2.